The number of para-hydroxylation sites is 1. The molecule has 0 radical (unpaired) electrons. The number of rotatable bonds is 4. The first-order valence-electron chi connectivity index (χ1n) is 7.91. The predicted molar refractivity (Wildman–Crippen MR) is 96.5 cm³/mol. The van der Waals surface area contributed by atoms with Crippen LogP contribution in [0.4, 0.5) is 5.69 Å². The quantitative estimate of drug-likeness (QED) is 0.736. The molecule has 0 fully saturated rings. The lowest BCUT2D eigenvalue weighted by Gasteiger charge is -2.09. The molecule has 0 bridgehead atoms. The monoisotopic (exact) mass is 320 g/mol. The fourth-order valence-corrected chi connectivity index (χ4v) is 3.06. The molecule has 24 heavy (non-hydrogen) atoms. The Labute approximate surface area is 141 Å². The number of nitrogens with one attached hydrogen (secondary N) is 1. The highest BCUT2D eigenvalue weighted by Crippen LogP contribution is 2.22. The Morgan fingerprint density at radius 1 is 1.04 bits per heavy atom. The van der Waals surface area contributed by atoms with Crippen LogP contribution in [0.25, 0.3) is 10.9 Å². The van der Waals surface area contributed by atoms with Crippen LogP contribution in [-0.4, -0.2) is 16.3 Å². The number of carbonyl (C=O) groups is 2. The van der Waals surface area contributed by atoms with Gasteiger partial charge in [-0.25, -0.2) is 0 Å². The van der Waals surface area contributed by atoms with Gasteiger partial charge in [0, 0.05) is 28.4 Å². The van der Waals surface area contributed by atoms with Gasteiger partial charge in [0.25, 0.3) is 0 Å². The first-order chi connectivity index (χ1) is 11.4. The zero-order valence-corrected chi connectivity index (χ0v) is 14.1. The van der Waals surface area contributed by atoms with Crippen molar-refractivity contribution in [1.82, 2.24) is 4.57 Å². The summed E-state index contributed by atoms with van der Waals surface area (Å²) in [4.78, 5) is 24.2. The lowest BCUT2D eigenvalue weighted by molar-refractivity contribution is -0.116. The first-order valence-corrected chi connectivity index (χ1v) is 7.91. The molecule has 1 aromatic heterocycles. The Bertz CT molecular complexity index is 918. The first kappa shape index (κ1) is 16.0. The van der Waals surface area contributed by atoms with Crippen LogP contribution in [0.5, 0.6) is 0 Å². The average Bonchev–Trinajstić information content (AvgIpc) is 2.85. The van der Waals surface area contributed by atoms with Crippen molar-refractivity contribution >= 4 is 28.3 Å². The van der Waals surface area contributed by atoms with Gasteiger partial charge in [0.15, 0.2) is 5.78 Å². The topological polar surface area (TPSA) is 51.1 Å². The van der Waals surface area contributed by atoms with E-state index in [-0.39, 0.29) is 18.2 Å². The van der Waals surface area contributed by atoms with Gasteiger partial charge in [-0.1, -0.05) is 24.3 Å². The third-order valence-electron chi connectivity index (χ3n) is 3.99. The highest BCUT2D eigenvalue weighted by Gasteiger charge is 2.13. The molecule has 3 rings (SSSR count). The molecule has 1 N–H and O–H groups in total. The molecule has 0 atom stereocenters. The summed E-state index contributed by atoms with van der Waals surface area (Å²) in [5.41, 5.74) is 4.54. The maximum absolute atomic E-state index is 12.4. The summed E-state index contributed by atoms with van der Waals surface area (Å²) >= 11 is 0. The van der Waals surface area contributed by atoms with E-state index in [9.17, 15) is 9.59 Å². The van der Waals surface area contributed by atoms with Crippen molar-refractivity contribution in [3.63, 3.8) is 0 Å². The largest absolute Gasteiger partial charge is 0.337 e. The van der Waals surface area contributed by atoms with E-state index in [1.165, 1.54) is 0 Å². The third-order valence-corrected chi connectivity index (χ3v) is 3.99. The number of aryl methyl sites for hydroxylation is 2. The van der Waals surface area contributed by atoms with Crippen LogP contribution in [0, 0.1) is 13.8 Å². The number of ketones is 1. The van der Waals surface area contributed by atoms with Gasteiger partial charge in [0.2, 0.25) is 5.91 Å². The van der Waals surface area contributed by atoms with Gasteiger partial charge in [-0.2, -0.15) is 0 Å². The van der Waals surface area contributed by atoms with Crippen LogP contribution in [0.15, 0.2) is 48.7 Å². The fourth-order valence-electron chi connectivity index (χ4n) is 3.06. The van der Waals surface area contributed by atoms with Crippen molar-refractivity contribution < 1.29 is 9.59 Å². The highest BCUT2D eigenvalue weighted by atomic mass is 16.2. The second-order valence-corrected chi connectivity index (χ2v) is 6.17. The molecule has 4 heteroatoms. The predicted octanol–water partition coefficient (Wildman–Crippen LogP) is 4.10. The summed E-state index contributed by atoms with van der Waals surface area (Å²) in [6, 6.07) is 13.6. The number of hydrogen-bond donors (Lipinski definition) is 1. The van der Waals surface area contributed by atoms with E-state index in [0.717, 1.165) is 27.7 Å². The second-order valence-electron chi connectivity index (χ2n) is 6.17. The lowest BCUT2D eigenvalue weighted by Crippen LogP contribution is -2.18. The van der Waals surface area contributed by atoms with E-state index in [2.05, 4.69) is 11.4 Å². The van der Waals surface area contributed by atoms with Crippen LogP contribution in [0.1, 0.15) is 28.4 Å². The number of anilines is 1. The lowest BCUT2D eigenvalue weighted by atomic mass is 10.1. The van der Waals surface area contributed by atoms with Crippen molar-refractivity contribution in [2.24, 2.45) is 0 Å². The number of fused-ring (bicyclic) bond motifs is 1. The zero-order chi connectivity index (χ0) is 17.3. The summed E-state index contributed by atoms with van der Waals surface area (Å²) in [5.74, 6) is -0.115. The number of aromatic nitrogens is 1. The summed E-state index contributed by atoms with van der Waals surface area (Å²) in [6.45, 7) is 5.71. The molecule has 0 aliphatic heterocycles. The van der Waals surface area contributed by atoms with Crippen molar-refractivity contribution in [3.8, 4) is 0 Å². The van der Waals surface area contributed by atoms with Crippen LogP contribution in [0.3, 0.4) is 0 Å². The number of nitrogens with zero attached hydrogens (tertiary/aromatic N) is 1. The number of Topliss-reactive ketones (excluding diaryl/α,β-unsaturated/α-hetero) is 1. The van der Waals surface area contributed by atoms with E-state index >= 15 is 0 Å². The normalized spacial score (nSPS) is 10.8. The number of amides is 1. The van der Waals surface area contributed by atoms with Crippen molar-refractivity contribution in [1.29, 1.82) is 0 Å². The Morgan fingerprint density at radius 2 is 1.71 bits per heavy atom. The number of benzene rings is 2. The van der Waals surface area contributed by atoms with E-state index < -0.39 is 0 Å². The molecule has 2 aromatic carbocycles. The maximum Gasteiger partial charge on any atom is 0.244 e. The molecule has 3 aromatic rings. The van der Waals surface area contributed by atoms with Gasteiger partial charge in [-0.15, -0.1) is 0 Å². The minimum absolute atomic E-state index is 0.000308. The molecule has 0 saturated heterocycles. The molecular weight excluding hydrogens is 300 g/mol. The van der Waals surface area contributed by atoms with Crippen molar-refractivity contribution in [2.75, 3.05) is 5.32 Å². The Hall–Kier alpha value is -2.88. The van der Waals surface area contributed by atoms with Gasteiger partial charge in [-0.05, 0) is 50.1 Å². The molecule has 1 amide bonds. The Morgan fingerprint density at radius 3 is 2.38 bits per heavy atom. The second kappa shape index (κ2) is 6.32. The molecule has 0 spiro atoms. The molecule has 122 valence electrons. The minimum atomic E-state index is -0.115. The van der Waals surface area contributed by atoms with Crippen molar-refractivity contribution in [3.05, 3.63) is 65.4 Å². The maximum atomic E-state index is 12.4. The van der Waals surface area contributed by atoms with Gasteiger partial charge in [-0.3, -0.25) is 9.59 Å². The minimum Gasteiger partial charge on any atom is -0.337 e. The van der Waals surface area contributed by atoms with Crippen LogP contribution >= 0.6 is 0 Å². The molecule has 4 nitrogen and oxygen atoms in total. The smallest absolute Gasteiger partial charge is 0.244 e. The van der Waals surface area contributed by atoms with Gasteiger partial charge in [0.05, 0.1) is 0 Å². The Kier molecular flexibility index (Phi) is 4.21. The van der Waals surface area contributed by atoms with Gasteiger partial charge in [0.1, 0.15) is 6.54 Å². The van der Waals surface area contributed by atoms with E-state index in [4.69, 9.17) is 0 Å². The van der Waals surface area contributed by atoms with Crippen LogP contribution < -0.4 is 5.32 Å². The van der Waals surface area contributed by atoms with Gasteiger partial charge < -0.3 is 9.88 Å². The molecule has 1 heterocycles. The molecule has 0 aliphatic rings. The van der Waals surface area contributed by atoms with E-state index in [1.54, 1.807) is 13.1 Å². The molecule has 0 unspecified atom stereocenters. The fraction of sp³-hybridized carbons (Fsp3) is 0.200. The van der Waals surface area contributed by atoms with E-state index in [0.29, 0.717) is 5.56 Å². The summed E-state index contributed by atoms with van der Waals surface area (Å²) in [6.07, 6.45) is 1.76. The number of hydrogen-bond acceptors (Lipinski definition) is 2. The number of carbonyl (C=O) groups excluding carboxylic acids is 2. The average molecular weight is 320 g/mol. The summed E-state index contributed by atoms with van der Waals surface area (Å²) < 4.78 is 1.82. The zero-order valence-electron chi connectivity index (χ0n) is 14.1. The van der Waals surface area contributed by atoms with Crippen molar-refractivity contribution in [2.45, 2.75) is 27.3 Å². The van der Waals surface area contributed by atoms with Crippen LogP contribution in [-0.2, 0) is 11.3 Å². The Balaban J connectivity index is 1.87. The van der Waals surface area contributed by atoms with Gasteiger partial charge >= 0.3 is 0 Å². The third kappa shape index (κ3) is 3.23. The van der Waals surface area contributed by atoms with E-state index in [1.807, 2.05) is 54.8 Å². The SMILES string of the molecule is CC(=O)c1cn(CC(=O)Nc2cc(C)cc(C)c2)c2ccccc12. The van der Waals surface area contributed by atoms with Crippen LogP contribution in [0.2, 0.25) is 0 Å². The summed E-state index contributed by atoms with van der Waals surface area (Å²) in [5, 5.41) is 3.81. The standard InChI is InChI=1S/C20H20N2O2/c1-13-8-14(2)10-16(9-13)21-20(24)12-22-11-18(15(3)23)17-6-4-5-7-19(17)22/h4-11H,12H2,1-3H3,(H,21,24). The molecular formula is C20H20N2O2. The molecule has 0 saturated carbocycles. The summed E-state index contributed by atoms with van der Waals surface area (Å²) in [7, 11) is 0. The molecule has 0 aliphatic carbocycles. The highest BCUT2D eigenvalue weighted by molar-refractivity contribution is 6.07.